The number of rotatable bonds is 4. The summed E-state index contributed by atoms with van der Waals surface area (Å²) in [5.41, 5.74) is 1.90. The van der Waals surface area contributed by atoms with Gasteiger partial charge in [-0.1, -0.05) is 29.8 Å². The molecule has 2 heterocycles. The van der Waals surface area contributed by atoms with Crippen LogP contribution in [0, 0.1) is 23.0 Å². The number of aromatic nitrogens is 1. The van der Waals surface area contributed by atoms with Gasteiger partial charge in [-0.25, -0.2) is 4.98 Å². The van der Waals surface area contributed by atoms with Gasteiger partial charge in [0.15, 0.2) is 5.78 Å². The van der Waals surface area contributed by atoms with Gasteiger partial charge >= 0.3 is 0 Å². The van der Waals surface area contributed by atoms with E-state index in [0.29, 0.717) is 0 Å². The number of hydrogen-bond acceptors (Lipinski definition) is 5. The molecule has 6 nitrogen and oxygen atoms in total. The Balaban J connectivity index is 1.62. The largest absolute Gasteiger partial charge is 0.357 e. The minimum absolute atomic E-state index is 0.0109. The molecule has 24 heavy (non-hydrogen) atoms. The zero-order valence-corrected chi connectivity index (χ0v) is 13.5. The van der Waals surface area contributed by atoms with E-state index in [4.69, 9.17) is 0 Å². The summed E-state index contributed by atoms with van der Waals surface area (Å²) in [6.45, 7) is 3.46. The van der Waals surface area contributed by atoms with Crippen LogP contribution < -0.4 is 4.90 Å². The number of carbonyl (C=O) groups excluding carboxylic acids is 1. The number of Topliss-reactive ketones (excluding diaryl/α,β-unsaturated/α-hetero) is 1. The van der Waals surface area contributed by atoms with Crippen LogP contribution in [0.5, 0.6) is 0 Å². The Hall–Kier alpha value is -2.76. The second-order valence-electron chi connectivity index (χ2n) is 6.12. The van der Waals surface area contributed by atoms with Crippen molar-refractivity contribution in [2.24, 2.45) is 5.92 Å². The fourth-order valence-corrected chi connectivity index (χ4v) is 3.00. The molecular formula is C18H19N3O3. The highest BCUT2D eigenvalue weighted by atomic mass is 16.6. The molecule has 124 valence electrons. The zero-order chi connectivity index (χ0) is 17.1. The molecule has 3 rings (SSSR count). The third-order valence-electron chi connectivity index (χ3n) is 4.47. The molecule has 0 aliphatic carbocycles. The van der Waals surface area contributed by atoms with E-state index in [0.717, 1.165) is 42.9 Å². The molecule has 1 aromatic heterocycles. The molecular weight excluding hydrogens is 306 g/mol. The number of carbonyl (C=O) groups is 1. The number of pyridine rings is 1. The van der Waals surface area contributed by atoms with Crippen LogP contribution in [0.15, 0.2) is 42.6 Å². The Morgan fingerprint density at radius 2 is 1.83 bits per heavy atom. The maximum absolute atomic E-state index is 12.6. The van der Waals surface area contributed by atoms with E-state index in [-0.39, 0.29) is 17.4 Å². The third-order valence-corrected chi connectivity index (χ3v) is 4.47. The normalized spacial score (nSPS) is 15.3. The Labute approximate surface area is 140 Å². The average Bonchev–Trinajstić information content (AvgIpc) is 2.62. The lowest BCUT2D eigenvalue weighted by molar-refractivity contribution is -0.385. The highest BCUT2D eigenvalue weighted by molar-refractivity contribution is 5.98. The average molecular weight is 325 g/mol. The van der Waals surface area contributed by atoms with Gasteiger partial charge in [0.2, 0.25) is 0 Å². The molecule has 0 amide bonds. The molecule has 1 aliphatic heterocycles. The highest BCUT2D eigenvalue weighted by Gasteiger charge is 2.26. The first-order valence-electron chi connectivity index (χ1n) is 8.01. The van der Waals surface area contributed by atoms with Crippen molar-refractivity contribution < 1.29 is 9.72 Å². The fraction of sp³-hybridized carbons (Fsp3) is 0.333. The number of nitrogens with zero attached hydrogens (tertiary/aromatic N) is 3. The van der Waals surface area contributed by atoms with Crippen molar-refractivity contribution in [1.29, 1.82) is 0 Å². The lowest BCUT2D eigenvalue weighted by Crippen LogP contribution is -2.36. The van der Waals surface area contributed by atoms with Gasteiger partial charge in [-0.05, 0) is 25.8 Å². The molecule has 6 heteroatoms. The summed E-state index contributed by atoms with van der Waals surface area (Å²) >= 11 is 0. The van der Waals surface area contributed by atoms with Crippen molar-refractivity contribution in [2.75, 3.05) is 18.0 Å². The third kappa shape index (κ3) is 3.42. The zero-order valence-electron chi connectivity index (χ0n) is 13.5. The van der Waals surface area contributed by atoms with E-state index in [1.165, 1.54) is 12.3 Å². The molecule has 0 spiro atoms. The lowest BCUT2D eigenvalue weighted by atomic mass is 9.88. The van der Waals surface area contributed by atoms with Gasteiger partial charge in [0.25, 0.3) is 5.69 Å². The van der Waals surface area contributed by atoms with Crippen molar-refractivity contribution in [3.63, 3.8) is 0 Å². The maximum Gasteiger partial charge on any atom is 0.287 e. The number of nitro groups is 1. The Morgan fingerprint density at radius 3 is 2.38 bits per heavy atom. The van der Waals surface area contributed by atoms with Gasteiger partial charge in [0.1, 0.15) is 12.0 Å². The molecule has 0 bridgehead atoms. The van der Waals surface area contributed by atoms with E-state index < -0.39 is 4.92 Å². The van der Waals surface area contributed by atoms with Gasteiger partial charge < -0.3 is 4.90 Å². The highest BCUT2D eigenvalue weighted by Crippen LogP contribution is 2.25. The van der Waals surface area contributed by atoms with Crippen LogP contribution in [0.1, 0.15) is 28.8 Å². The first-order chi connectivity index (χ1) is 11.5. The summed E-state index contributed by atoms with van der Waals surface area (Å²) in [6.07, 6.45) is 2.82. The molecule has 1 aromatic carbocycles. The van der Waals surface area contributed by atoms with Gasteiger partial charge in [0.05, 0.1) is 4.92 Å². The fourth-order valence-electron chi connectivity index (χ4n) is 3.00. The molecule has 1 fully saturated rings. The van der Waals surface area contributed by atoms with E-state index in [1.54, 1.807) is 6.07 Å². The predicted octanol–water partition coefficient (Wildman–Crippen LogP) is 3.40. The second-order valence-corrected chi connectivity index (χ2v) is 6.12. The molecule has 0 saturated carbocycles. The van der Waals surface area contributed by atoms with Crippen molar-refractivity contribution in [3.05, 3.63) is 63.8 Å². The minimum Gasteiger partial charge on any atom is -0.357 e. The van der Waals surface area contributed by atoms with Crippen molar-refractivity contribution in [2.45, 2.75) is 19.8 Å². The standard InChI is InChI=1S/C18H19N3O3/c1-13-2-4-14(5-3-13)18(22)15-8-10-20(11-9-15)17-7-6-16(12-19-17)21(23)24/h2-7,12,15H,8-11H2,1H3. The summed E-state index contributed by atoms with van der Waals surface area (Å²) < 4.78 is 0. The molecule has 0 atom stereocenters. The smallest absolute Gasteiger partial charge is 0.287 e. The van der Waals surface area contributed by atoms with Gasteiger partial charge in [-0.2, -0.15) is 0 Å². The van der Waals surface area contributed by atoms with Crippen LogP contribution in [-0.2, 0) is 0 Å². The number of piperidine rings is 1. The first kappa shape index (κ1) is 16.1. The van der Waals surface area contributed by atoms with Crippen molar-refractivity contribution in [1.82, 2.24) is 4.98 Å². The molecule has 2 aromatic rings. The number of hydrogen-bond donors (Lipinski definition) is 0. The van der Waals surface area contributed by atoms with Crippen LogP contribution in [0.2, 0.25) is 0 Å². The topological polar surface area (TPSA) is 76.3 Å². The van der Waals surface area contributed by atoms with Crippen molar-refractivity contribution in [3.8, 4) is 0 Å². The minimum atomic E-state index is -0.455. The number of benzene rings is 1. The number of anilines is 1. The van der Waals surface area contributed by atoms with E-state index in [1.807, 2.05) is 31.2 Å². The summed E-state index contributed by atoms with van der Waals surface area (Å²) in [4.78, 5) is 29.0. The second kappa shape index (κ2) is 6.78. The predicted molar refractivity (Wildman–Crippen MR) is 91.3 cm³/mol. The van der Waals surface area contributed by atoms with Gasteiger partial charge in [-0.15, -0.1) is 0 Å². The molecule has 0 radical (unpaired) electrons. The van der Waals surface area contributed by atoms with Crippen LogP contribution in [0.3, 0.4) is 0 Å². The van der Waals surface area contributed by atoms with Gasteiger partial charge in [-0.3, -0.25) is 14.9 Å². The molecule has 1 saturated heterocycles. The Kier molecular flexibility index (Phi) is 4.55. The first-order valence-corrected chi connectivity index (χ1v) is 8.01. The van der Waals surface area contributed by atoms with Crippen LogP contribution in [0.4, 0.5) is 11.5 Å². The quantitative estimate of drug-likeness (QED) is 0.489. The summed E-state index contributed by atoms with van der Waals surface area (Å²) in [5, 5.41) is 10.7. The van der Waals surface area contributed by atoms with Crippen LogP contribution in [0.25, 0.3) is 0 Å². The van der Waals surface area contributed by atoms with Crippen molar-refractivity contribution >= 4 is 17.3 Å². The van der Waals surface area contributed by atoms with Crippen LogP contribution in [-0.4, -0.2) is 28.8 Å². The Bertz CT molecular complexity index is 733. The number of ketones is 1. The van der Waals surface area contributed by atoms with Crippen LogP contribution >= 0.6 is 0 Å². The lowest BCUT2D eigenvalue weighted by Gasteiger charge is -2.32. The van der Waals surface area contributed by atoms with E-state index >= 15 is 0 Å². The maximum atomic E-state index is 12.6. The summed E-state index contributed by atoms with van der Waals surface area (Å²) in [5.74, 6) is 0.954. The monoisotopic (exact) mass is 325 g/mol. The van der Waals surface area contributed by atoms with Gasteiger partial charge in [0, 0.05) is 30.6 Å². The molecule has 1 aliphatic rings. The Morgan fingerprint density at radius 1 is 1.17 bits per heavy atom. The summed E-state index contributed by atoms with van der Waals surface area (Å²) in [7, 11) is 0. The summed E-state index contributed by atoms with van der Waals surface area (Å²) in [6, 6.07) is 10.8. The molecule has 0 unspecified atom stereocenters. The number of aryl methyl sites for hydroxylation is 1. The SMILES string of the molecule is Cc1ccc(C(=O)C2CCN(c3ccc([N+](=O)[O-])cn3)CC2)cc1. The van der Waals surface area contributed by atoms with E-state index in [9.17, 15) is 14.9 Å². The molecule has 0 N–H and O–H groups in total. The van der Waals surface area contributed by atoms with E-state index in [2.05, 4.69) is 9.88 Å².